The van der Waals surface area contributed by atoms with E-state index in [1.54, 1.807) is 4.57 Å². The highest BCUT2D eigenvalue weighted by atomic mass is 35.5. The zero-order valence-electron chi connectivity index (χ0n) is 20.4. The van der Waals surface area contributed by atoms with Crippen LogP contribution in [0.15, 0.2) is 65.4 Å². The first-order valence-electron chi connectivity index (χ1n) is 12.7. The predicted molar refractivity (Wildman–Crippen MR) is 139 cm³/mol. The first kappa shape index (κ1) is 25.1. The third kappa shape index (κ3) is 4.72. The smallest absolute Gasteiger partial charge is 0.289 e. The molecule has 4 N–H and O–H groups in total. The van der Waals surface area contributed by atoms with Gasteiger partial charge in [0.15, 0.2) is 6.23 Å². The average Bonchev–Trinajstić information content (AvgIpc) is 3.49. The normalized spacial score (nSPS) is 25.5. The highest BCUT2D eigenvalue weighted by Crippen LogP contribution is 2.40. The molecule has 9 nitrogen and oxygen atoms in total. The number of aliphatic hydroxyl groups is 3. The van der Waals surface area contributed by atoms with Crippen LogP contribution in [0.1, 0.15) is 52.2 Å². The maximum Gasteiger partial charge on any atom is 0.289 e. The minimum Gasteiger partial charge on any atom is -0.388 e. The summed E-state index contributed by atoms with van der Waals surface area (Å²) in [6.07, 6.45) is -0.0642. The Morgan fingerprint density at radius 1 is 1.05 bits per heavy atom. The molecule has 38 heavy (non-hydrogen) atoms. The molecule has 0 unspecified atom stereocenters. The van der Waals surface area contributed by atoms with Crippen LogP contribution >= 0.6 is 11.6 Å². The van der Waals surface area contributed by atoms with Crippen molar-refractivity contribution in [2.75, 3.05) is 6.54 Å². The zero-order valence-corrected chi connectivity index (χ0v) is 21.2. The first-order chi connectivity index (χ1) is 18.4. The molecule has 3 heterocycles. The van der Waals surface area contributed by atoms with Crippen LogP contribution in [0, 0.1) is 0 Å². The quantitative estimate of drug-likeness (QED) is 0.285. The number of halogens is 1. The fourth-order valence-corrected chi connectivity index (χ4v) is 5.47. The highest BCUT2D eigenvalue weighted by Gasteiger charge is 2.45. The van der Waals surface area contributed by atoms with Crippen LogP contribution in [0.25, 0.3) is 10.9 Å². The number of aromatic nitrogens is 2. The van der Waals surface area contributed by atoms with Gasteiger partial charge in [-0.3, -0.25) is 4.79 Å². The van der Waals surface area contributed by atoms with Crippen LogP contribution in [0.2, 0.25) is 5.02 Å². The van der Waals surface area contributed by atoms with E-state index in [0.717, 1.165) is 22.0 Å². The molecule has 1 aliphatic carbocycles. The summed E-state index contributed by atoms with van der Waals surface area (Å²) in [5.41, 5.74) is 4.15. The molecule has 0 bridgehead atoms. The Morgan fingerprint density at radius 2 is 1.84 bits per heavy atom. The number of amides is 1. The lowest BCUT2D eigenvalue weighted by molar-refractivity contribution is -0.241. The topological polar surface area (TPSA) is 130 Å². The largest absolute Gasteiger partial charge is 0.388 e. The van der Waals surface area contributed by atoms with Gasteiger partial charge in [-0.25, -0.2) is 0 Å². The molecule has 2 aromatic carbocycles. The van der Waals surface area contributed by atoms with E-state index in [9.17, 15) is 20.1 Å². The summed E-state index contributed by atoms with van der Waals surface area (Å²) >= 11 is 6.64. The molecule has 1 amide bonds. The molecule has 2 aliphatic rings. The van der Waals surface area contributed by atoms with Crippen molar-refractivity contribution in [1.29, 1.82) is 0 Å². The van der Waals surface area contributed by atoms with Crippen molar-refractivity contribution >= 4 is 28.4 Å². The third-order valence-corrected chi connectivity index (χ3v) is 7.71. The van der Waals surface area contributed by atoms with E-state index in [0.29, 0.717) is 17.4 Å². The van der Waals surface area contributed by atoms with E-state index in [1.807, 2.05) is 24.4 Å². The minimum atomic E-state index is -1.50. The molecule has 4 aromatic rings. The van der Waals surface area contributed by atoms with Crippen molar-refractivity contribution in [1.82, 2.24) is 15.0 Å². The van der Waals surface area contributed by atoms with Crippen molar-refractivity contribution in [2.45, 2.75) is 55.8 Å². The maximum absolute atomic E-state index is 12.3. The molecule has 0 spiro atoms. The lowest BCUT2D eigenvalue weighted by atomic mass is 9.97. The summed E-state index contributed by atoms with van der Waals surface area (Å²) in [4.78, 5) is 12.3. The number of carbonyl (C=O) groups excluding carboxylic acids is 1. The number of nitrogens with one attached hydrogen (secondary N) is 1. The van der Waals surface area contributed by atoms with Gasteiger partial charge in [-0.15, -0.1) is 0 Å². The Kier molecular flexibility index (Phi) is 6.71. The summed E-state index contributed by atoms with van der Waals surface area (Å²) in [7, 11) is 0. The predicted octanol–water partition coefficient (Wildman–Crippen LogP) is 3.16. The Bertz CT molecular complexity index is 1430. The Hall–Kier alpha value is -3.21. The molecule has 5 atom stereocenters. The second kappa shape index (κ2) is 10.2. The van der Waals surface area contributed by atoms with Gasteiger partial charge in [-0.2, -0.15) is 0 Å². The van der Waals surface area contributed by atoms with Gasteiger partial charge in [0, 0.05) is 24.2 Å². The molecular weight excluding hydrogens is 510 g/mol. The number of rotatable bonds is 7. The second-order valence-corrected chi connectivity index (χ2v) is 10.4. The molecule has 0 radical (unpaired) electrons. The van der Waals surface area contributed by atoms with E-state index in [-0.39, 0.29) is 12.3 Å². The maximum atomic E-state index is 12.3. The molecule has 1 aliphatic heterocycles. The average molecular weight is 538 g/mol. The van der Waals surface area contributed by atoms with Gasteiger partial charge >= 0.3 is 0 Å². The van der Waals surface area contributed by atoms with E-state index < -0.39 is 36.6 Å². The van der Waals surface area contributed by atoms with Gasteiger partial charge < -0.3 is 34.5 Å². The second-order valence-electron chi connectivity index (χ2n) is 10.0. The Morgan fingerprint density at radius 3 is 2.55 bits per heavy atom. The van der Waals surface area contributed by atoms with E-state index >= 15 is 0 Å². The minimum absolute atomic E-state index is 0.00767. The summed E-state index contributed by atoms with van der Waals surface area (Å²) in [5.74, 6) is 0.150. The first-order valence-corrected chi connectivity index (χ1v) is 13.0. The summed E-state index contributed by atoms with van der Waals surface area (Å²) in [6.45, 7) is -0.124. The van der Waals surface area contributed by atoms with Crippen molar-refractivity contribution in [3.05, 3.63) is 88.4 Å². The van der Waals surface area contributed by atoms with Crippen LogP contribution < -0.4 is 5.32 Å². The highest BCUT2D eigenvalue weighted by molar-refractivity contribution is 6.35. The number of fused-ring (bicyclic) bond motifs is 1. The number of hydrogen-bond donors (Lipinski definition) is 4. The molecule has 1 saturated carbocycles. The number of ether oxygens (including phenoxy) is 1. The molecule has 6 rings (SSSR count). The van der Waals surface area contributed by atoms with Crippen LogP contribution in [-0.2, 0) is 11.2 Å². The molecule has 198 valence electrons. The number of hydrogen-bond acceptors (Lipinski definition) is 7. The molecule has 10 heteroatoms. The van der Waals surface area contributed by atoms with Crippen molar-refractivity contribution in [2.24, 2.45) is 0 Å². The molecule has 2 fully saturated rings. The lowest BCUT2D eigenvalue weighted by Gasteiger charge is -2.41. The van der Waals surface area contributed by atoms with Crippen LogP contribution in [0.3, 0.4) is 0 Å². The van der Waals surface area contributed by atoms with Gasteiger partial charge in [0.25, 0.3) is 5.91 Å². The van der Waals surface area contributed by atoms with Gasteiger partial charge in [0.05, 0.1) is 16.7 Å². The molecule has 1 saturated heterocycles. The fourth-order valence-electron chi connectivity index (χ4n) is 5.18. The van der Waals surface area contributed by atoms with Crippen LogP contribution in [-0.4, -0.2) is 61.9 Å². The van der Waals surface area contributed by atoms with Crippen molar-refractivity contribution in [3.63, 3.8) is 0 Å². The van der Waals surface area contributed by atoms with E-state index in [1.165, 1.54) is 30.7 Å². The van der Waals surface area contributed by atoms with Crippen molar-refractivity contribution in [3.8, 4) is 0 Å². The summed E-state index contributed by atoms with van der Waals surface area (Å²) in [6, 6.07) is 15.5. The Labute approximate surface area is 223 Å². The monoisotopic (exact) mass is 537 g/mol. The number of carbonyl (C=O) groups is 1. The third-order valence-electron chi connectivity index (χ3n) is 7.40. The fraction of sp³-hybridized carbons (Fsp3) is 0.357. The lowest BCUT2D eigenvalue weighted by Crippen LogP contribution is -2.58. The SMILES string of the molecule is O=C(NC[C@H]1O[C@@H](n2cc(Cc3ccc(C4CC4)cc3)c3c(Cl)cccc32)[C@H](O)[C@@H](O)[C@@H]1O)c1ccno1. The number of benzene rings is 2. The van der Waals surface area contributed by atoms with Gasteiger partial charge in [0.1, 0.15) is 24.4 Å². The van der Waals surface area contributed by atoms with Crippen LogP contribution in [0.4, 0.5) is 0 Å². The zero-order chi connectivity index (χ0) is 26.4. The van der Waals surface area contributed by atoms with Crippen LogP contribution in [0.5, 0.6) is 0 Å². The standard InChI is InChI=1S/C28H28ClN3O6/c29-19-2-1-3-20-23(19)18(12-15-4-6-16(7-5-15)17-8-9-17)14-32(20)28-26(35)25(34)24(33)22(37-28)13-30-27(36)21-10-11-31-38-21/h1-7,10-11,14,17,22,24-26,28,33-35H,8-9,12-13H2,(H,30,36)/t22-,24-,25+,26-,28-/m1/s1. The molecule has 2 aromatic heterocycles. The van der Waals surface area contributed by atoms with Crippen molar-refractivity contribution < 1.29 is 29.4 Å². The summed E-state index contributed by atoms with van der Waals surface area (Å²) < 4.78 is 12.7. The Balaban J connectivity index is 1.28. The molecular formula is C28H28ClN3O6. The number of aliphatic hydroxyl groups excluding tert-OH is 3. The summed E-state index contributed by atoms with van der Waals surface area (Å²) in [5, 5.41) is 39.7. The van der Waals surface area contributed by atoms with E-state index in [2.05, 4.69) is 34.7 Å². The van der Waals surface area contributed by atoms with Gasteiger partial charge in [-0.1, -0.05) is 47.1 Å². The van der Waals surface area contributed by atoms with Gasteiger partial charge in [-0.05, 0) is 54.0 Å². The van der Waals surface area contributed by atoms with Gasteiger partial charge in [0.2, 0.25) is 5.76 Å². The number of nitrogens with zero attached hydrogens (tertiary/aromatic N) is 2. The van der Waals surface area contributed by atoms with E-state index in [4.69, 9.17) is 20.9 Å².